The number of aromatic nitrogens is 4. The topological polar surface area (TPSA) is 72.5 Å². The van der Waals surface area contributed by atoms with Gasteiger partial charge in [0.15, 0.2) is 5.82 Å². The van der Waals surface area contributed by atoms with Crippen LogP contribution in [0.15, 0.2) is 6.07 Å². The molecule has 3 rings (SSSR count). The highest BCUT2D eigenvalue weighted by Crippen LogP contribution is 2.29. The molecule has 0 saturated heterocycles. The number of aromatic amines is 1. The van der Waals surface area contributed by atoms with E-state index in [2.05, 4.69) is 28.1 Å². The van der Waals surface area contributed by atoms with Crippen LogP contribution in [0.2, 0.25) is 0 Å². The van der Waals surface area contributed by atoms with Crippen molar-refractivity contribution in [2.45, 2.75) is 38.6 Å². The van der Waals surface area contributed by atoms with Crippen molar-refractivity contribution in [1.82, 2.24) is 19.7 Å². The van der Waals surface area contributed by atoms with E-state index in [9.17, 15) is 0 Å². The third-order valence-corrected chi connectivity index (χ3v) is 3.64. The predicted molar refractivity (Wildman–Crippen MR) is 70.0 cm³/mol. The van der Waals surface area contributed by atoms with Gasteiger partial charge in [-0.05, 0) is 31.7 Å². The summed E-state index contributed by atoms with van der Waals surface area (Å²) < 4.78 is 1.88. The summed E-state index contributed by atoms with van der Waals surface area (Å²) in [4.78, 5) is 8.08. The molecule has 18 heavy (non-hydrogen) atoms. The quantitative estimate of drug-likeness (QED) is 0.846. The molecule has 5 heteroatoms. The van der Waals surface area contributed by atoms with Gasteiger partial charge in [0.1, 0.15) is 5.69 Å². The minimum atomic E-state index is 0.0811. The van der Waals surface area contributed by atoms with Crippen molar-refractivity contribution < 1.29 is 0 Å². The molecule has 96 valence electrons. The van der Waals surface area contributed by atoms with Gasteiger partial charge in [-0.1, -0.05) is 6.92 Å². The third kappa shape index (κ3) is 1.75. The highest BCUT2D eigenvalue weighted by Gasteiger charge is 2.22. The second-order valence-electron chi connectivity index (χ2n) is 4.95. The Labute approximate surface area is 106 Å². The molecule has 0 spiro atoms. The van der Waals surface area contributed by atoms with Crippen LogP contribution in [-0.2, 0) is 19.9 Å². The van der Waals surface area contributed by atoms with Crippen molar-refractivity contribution >= 4 is 0 Å². The number of hydrogen-bond acceptors (Lipinski definition) is 3. The second-order valence-corrected chi connectivity index (χ2v) is 4.95. The lowest BCUT2D eigenvalue weighted by Crippen LogP contribution is -2.17. The number of nitrogens with one attached hydrogen (secondary N) is 1. The molecule has 1 aliphatic carbocycles. The van der Waals surface area contributed by atoms with Gasteiger partial charge in [-0.25, -0.2) is 4.98 Å². The molecule has 0 saturated carbocycles. The summed E-state index contributed by atoms with van der Waals surface area (Å²) in [6, 6.07) is 2.17. The number of fused-ring (bicyclic) bond motifs is 1. The first kappa shape index (κ1) is 11.5. The third-order valence-electron chi connectivity index (χ3n) is 3.64. The first-order valence-electron chi connectivity index (χ1n) is 6.56. The molecule has 0 amide bonds. The van der Waals surface area contributed by atoms with E-state index >= 15 is 0 Å². The van der Waals surface area contributed by atoms with E-state index in [0.29, 0.717) is 0 Å². The zero-order valence-corrected chi connectivity index (χ0v) is 10.9. The highest BCUT2D eigenvalue weighted by molar-refractivity contribution is 5.52. The number of nitrogens with zero attached hydrogens (tertiary/aromatic N) is 3. The van der Waals surface area contributed by atoms with E-state index in [1.807, 2.05) is 11.7 Å². The Morgan fingerprint density at radius 3 is 3.06 bits per heavy atom. The van der Waals surface area contributed by atoms with Crippen LogP contribution in [0.3, 0.4) is 0 Å². The van der Waals surface area contributed by atoms with Crippen molar-refractivity contribution in [3.63, 3.8) is 0 Å². The molecule has 0 bridgehead atoms. The maximum Gasteiger partial charge on any atom is 0.156 e. The van der Waals surface area contributed by atoms with Crippen molar-refractivity contribution in [3.8, 4) is 11.5 Å². The van der Waals surface area contributed by atoms with Crippen LogP contribution in [0, 0.1) is 0 Å². The number of nitrogens with two attached hydrogens (primary N) is 1. The number of hydrogen-bond donors (Lipinski definition) is 2. The Hall–Kier alpha value is -1.62. The fraction of sp³-hybridized carbons (Fsp3) is 0.538. The van der Waals surface area contributed by atoms with Gasteiger partial charge in [0.05, 0.1) is 11.4 Å². The molecule has 1 aliphatic rings. The maximum atomic E-state index is 6.10. The zero-order chi connectivity index (χ0) is 12.7. The summed E-state index contributed by atoms with van der Waals surface area (Å²) in [5.41, 5.74) is 10.5. The number of rotatable bonds is 2. The van der Waals surface area contributed by atoms with Gasteiger partial charge in [-0.2, -0.15) is 5.10 Å². The van der Waals surface area contributed by atoms with E-state index in [1.165, 1.54) is 5.69 Å². The van der Waals surface area contributed by atoms with E-state index in [-0.39, 0.29) is 6.04 Å². The van der Waals surface area contributed by atoms with Crippen LogP contribution in [0.4, 0.5) is 0 Å². The highest BCUT2D eigenvalue weighted by atomic mass is 15.3. The molecular formula is C13H19N5. The van der Waals surface area contributed by atoms with Gasteiger partial charge >= 0.3 is 0 Å². The van der Waals surface area contributed by atoms with Gasteiger partial charge < -0.3 is 10.7 Å². The second kappa shape index (κ2) is 4.24. The molecule has 1 atom stereocenters. The fourth-order valence-electron chi connectivity index (χ4n) is 2.60. The normalized spacial score (nSPS) is 18.9. The number of H-pyrrole nitrogens is 1. The Balaban J connectivity index is 2.04. The lowest BCUT2D eigenvalue weighted by atomic mass is 9.97. The SMILES string of the molecule is CCc1cc(-c2nc3c([nH]2)CCCC3N)n(C)n1. The number of imidazole rings is 1. The van der Waals surface area contributed by atoms with Gasteiger partial charge in [0.2, 0.25) is 0 Å². The Kier molecular flexibility index (Phi) is 2.70. The van der Waals surface area contributed by atoms with E-state index in [0.717, 1.165) is 48.6 Å². The summed E-state index contributed by atoms with van der Waals surface area (Å²) in [5, 5.41) is 4.46. The first-order chi connectivity index (χ1) is 8.69. The Morgan fingerprint density at radius 2 is 2.39 bits per heavy atom. The summed E-state index contributed by atoms with van der Waals surface area (Å²) in [7, 11) is 1.95. The van der Waals surface area contributed by atoms with Crippen molar-refractivity contribution in [1.29, 1.82) is 0 Å². The van der Waals surface area contributed by atoms with E-state index in [1.54, 1.807) is 0 Å². The Morgan fingerprint density at radius 1 is 1.56 bits per heavy atom. The molecular weight excluding hydrogens is 226 g/mol. The summed E-state index contributed by atoms with van der Waals surface area (Å²) >= 11 is 0. The monoisotopic (exact) mass is 245 g/mol. The molecule has 1 unspecified atom stereocenters. The predicted octanol–water partition coefficient (Wildman–Crippen LogP) is 1.71. The summed E-state index contributed by atoms with van der Waals surface area (Å²) in [5.74, 6) is 0.895. The average Bonchev–Trinajstić information content (AvgIpc) is 2.93. The molecule has 2 heterocycles. The molecule has 2 aromatic heterocycles. The smallest absolute Gasteiger partial charge is 0.156 e. The van der Waals surface area contributed by atoms with Crippen LogP contribution < -0.4 is 5.73 Å². The average molecular weight is 245 g/mol. The van der Waals surface area contributed by atoms with Gasteiger partial charge in [-0.15, -0.1) is 0 Å². The zero-order valence-electron chi connectivity index (χ0n) is 10.9. The van der Waals surface area contributed by atoms with Crippen molar-refractivity contribution in [2.75, 3.05) is 0 Å². The fourth-order valence-corrected chi connectivity index (χ4v) is 2.60. The van der Waals surface area contributed by atoms with Crippen LogP contribution >= 0.6 is 0 Å². The molecule has 5 nitrogen and oxygen atoms in total. The number of aryl methyl sites for hydroxylation is 3. The van der Waals surface area contributed by atoms with Crippen LogP contribution in [-0.4, -0.2) is 19.7 Å². The lowest BCUT2D eigenvalue weighted by Gasteiger charge is -2.15. The molecule has 3 N–H and O–H groups in total. The maximum absolute atomic E-state index is 6.10. The van der Waals surface area contributed by atoms with Crippen LogP contribution in [0.5, 0.6) is 0 Å². The van der Waals surface area contributed by atoms with Crippen molar-refractivity contribution in [2.24, 2.45) is 12.8 Å². The Bertz CT molecular complexity index is 566. The van der Waals surface area contributed by atoms with Gasteiger partial charge in [-0.3, -0.25) is 4.68 Å². The summed E-state index contributed by atoms with van der Waals surface area (Å²) in [6.45, 7) is 2.11. The van der Waals surface area contributed by atoms with E-state index < -0.39 is 0 Å². The minimum absolute atomic E-state index is 0.0811. The largest absolute Gasteiger partial charge is 0.340 e. The minimum Gasteiger partial charge on any atom is -0.340 e. The molecule has 0 radical (unpaired) electrons. The molecule has 0 fully saturated rings. The van der Waals surface area contributed by atoms with E-state index in [4.69, 9.17) is 5.73 Å². The van der Waals surface area contributed by atoms with Gasteiger partial charge in [0.25, 0.3) is 0 Å². The van der Waals surface area contributed by atoms with Crippen LogP contribution in [0.25, 0.3) is 11.5 Å². The van der Waals surface area contributed by atoms with Gasteiger partial charge in [0, 0.05) is 18.8 Å². The van der Waals surface area contributed by atoms with Crippen LogP contribution in [0.1, 0.15) is 42.9 Å². The van der Waals surface area contributed by atoms with Crippen molar-refractivity contribution in [3.05, 3.63) is 23.1 Å². The first-order valence-corrected chi connectivity index (χ1v) is 6.56. The molecule has 2 aromatic rings. The standard InChI is InChI=1S/C13H19N5/c1-3-8-7-11(18(2)17-8)13-15-10-6-4-5-9(14)12(10)16-13/h7,9H,3-6,14H2,1-2H3,(H,15,16). The summed E-state index contributed by atoms with van der Waals surface area (Å²) in [6.07, 6.45) is 4.16. The lowest BCUT2D eigenvalue weighted by molar-refractivity contribution is 0.555. The molecule has 0 aromatic carbocycles. The molecule has 0 aliphatic heterocycles.